The molecular weight excluding hydrogens is 238 g/mol. The first-order valence-corrected chi connectivity index (χ1v) is 7.25. The van der Waals surface area contributed by atoms with E-state index in [0.717, 1.165) is 31.7 Å². The summed E-state index contributed by atoms with van der Waals surface area (Å²) >= 11 is 0. The van der Waals surface area contributed by atoms with E-state index in [4.69, 9.17) is 9.47 Å². The van der Waals surface area contributed by atoms with Crippen molar-refractivity contribution in [2.75, 3.05) is 19.8 Å². The minimum Gasteiger partial charge on any atom is -0.486 e. The molecule has 0 aliphatic carbocycles. The first-order valence-electron chi connectivity index (χ1n) is 7.25. The van der Waals surface area contributed by atoms with Crippen LogP contribution in [0.25, 0.3) is 0 Å². The summed E-state index contributed by atoms with van der Waals surface area (Å²) in [5.74, 6) is 0.946. The van der Waals surface area contributed by atoms with E-state index in [0.29, 0.717) is 12.6 Å². The minimum atomic E-state index is 0.113. The van der Waals surface area contributed by atoms with Crippen LogP contribution in [0.2, 0.25) is 0 Å². The molecule has 1 fully saturated rings. The molecule has 0 saturated carbocycles. The van der Waals surface area contributed by atoms with Crippen molar-refractivity contribution in [1.82, 2.24) is 5.32 Å². The van der Waals surface area contributed by atoms with Gasteiger partial charge in [0, 0.05) is 12.6 Å². The molecule has 19 heavy (non-hydrogen) atoms. The van der Waals surface area contributed by atoms with E-state index in [1.165, 1.54) is 11.1 Å². The Morgan fingerprint density at radius 2 is 2.16 bits per heavy atom. The van der Waals surface area contributed by atoms with Gasteiger partial charge in [-0.15, -0.1) is 0 Å². The molecule has 0 aromatic heterocycles. The number of hydrogen-bond donors (Lipinski definition) is 1. The van der Waals surface area contributed by atoms with Crippen molar-refractivity contribution in [3.05, 3.63) is 29.3 Å². The number of rotatable bonds is 5. The predicted octanol–water partition coefficient (Wildman–Crippen LogP) is 2.84. The van der Waals surface area contributed by atoms with Crippen LogP contribution in [0.15, 0.2) is 18.2 Å². The van der Waals surface area contributed by atoms with Crippen LogP contribution in [0.5, 0.6) is 5.75 Å². The summed E-state index contributed by atoms with van der Waals surface area (Å²) in [5, 5.41) is 3.56. The number of benzene rings is 1. The third-order valence-electron chi connectivity index (χ3n) is 3.73. The molecule has 3 nitrogen and oxygen atoms in total. The lowest BCUT2D eigenvalue weighted by atomic mass is 10.1. The molecule has 1 aromatic rings. The zero-order chi connectivity index (χ0) is 13.7. The molecule has 2 unspecified atom stereocenters. The van der Waals surface area contributed by atoms with Crippen molar-refractivity contribution in [2.45, 2.75) is 45.8 Å². The average molecular weight is 263 g/mol. The Morgan fingerprint density at radius 3 is 2.89 bits per heavy atom. The first-order chi connectivity index (χ1) is 9.20. The van der Waals surface area contributed by atoms with E-state index in [2.05, 4.69) is 38.2 Å². The molecule has 0 radical (unpaired) electrons. The maximum atomic E-state index is 6.11. The van der Waals surface area contributed by atoms with Crippen LogP contribution in [0, 0.1) is 13.8 Å². The monoisotopic (exact) mass is 263 g/mol. The fourth-order valence-corrected chi connectivity index (χ4v) is 2.35. The highest BCUT2D eigenvalue weighted by molar-refractivity contribution is 5.34. The van der Waals surface area contributed by atoms with Gasteiger partial charge in [0.05, 0.1) is 6.61 Å². The van der Waals surface area contributed by atoms with Crippen LogP contribution in [0.1, 0.15) is 30.9 Å². The lowest BCUT2D eigenvalue weighted by molar-refractivity contribution is -0.0146. The normalized spacial score (nSPS) is 23.3. The molecule has 0 spiro atoms. The third-order valence-corrected chi connectivity index (χ3v) is 3.73. The minimum absolute atomic E-state index is 0.113. The predicted molar refractivity (Wildman–Crippen MR) is 77.8 cm³/mol. The molecule has 1 N–H and O–H groups in total. The smallest absolute Gasteiger partial charge is 0.137 e. The van der Waals surface area contributed by atoms with Gasteiger partial charge in [0.25, 0.3) is 0 Å². The van der Waals surface area contributed by atoms with Crippen LogP contribution in [-0.2, 0) is 4.74 Å². The van der Waals surface area contributed by atoms with Crippen molar-refractivity contribution < 1.29 is 9.47 Å². The second-order valence-electron chi connectivity index (χ2n) is 5.33. The number of aryl methyl sites for hydroxylation is 2. The van der Waals surface area contributed by atoms with Gasteiger partial charge in [-0.05, 0) is 56.5 Å². The highest BCUT2D eigenvalue weighted by Crippen LogP contribution is 2.20. The summed E-state index contributed by atoms with van der Waals surface area (Å²) in [4.78, 5) is 0. The van der Waals surface area contributed by atoms with Gasteiger partial charge >= 0.3 is 0 Å². The van der Waals surface area contributed by atoms with Crippen LogP contribution in [0.3, 0.4) is 0 Å². The molecule has 2 atom stereocenters. The van der Waals surface area contributed by atoms with Crippen LogP contribution < -0.4 is 10.1 Å². The second-order valence-corrected chi connectivity index (χ2v) is 5.33. The van der Waals surface area contributed by atoms with Crippen LogP contribution >= 0.6 is 0 Å². The molecule has 1 aliphatic heterocycles. The average Bonchev–Trinajstić information content (AvgIpc) is 2.42. The van der Waals surface area contributed by atoms with E-state index in [1.807, 2.05) is 6.07 Å². The molecule has 0 amide bonds. The molecule has 1 heterocycles. The zero-order valence-corrected chi connectivity index (χ0v) is 12.2. The summed E-state index contributed by atoms with van der Waals surface area (Å²) in [5.41, 5.74) is 2.57. The fourth-order valence-electron chi connectivity index (χ4n) is 2.35. The SMILES string of the molecule is CCCNC1CCOCC1Oc1ccc(C)c(C)c1. The van der Waals surface area contributed by atoms with Crippen LogP contribution in [-0.4, -0.2) is 31.9 Å². The summed E-state index contributed by atoms with van der Waals surface area (Å²) in [6.07, 6.45) is 2.28. The number of hydrogen-bond acceptors (Lipinski definition) is 3. The van der Waals surface area contributed by atoms with E-state index >= 15 is 0 Å². The quantitative estimate of drug-likeness (QED) is 0.886. The maximum Gasteiger partial charge on any atom is 0.137 e. The van der Waals surface area contributed by atoms with E-state index in [9.17, 15) is 0 Å². The molecule has 3 heteroatoms. The summed E-state index contributed by atoms with van der Waals surface area (Å²) in [7, 11) is 0. The molecule has 1 aromatic carbocycles. The van der Waals surface area contributed by atoms with Gasteiger partial charge in [-0.2, -0.15) is 0 Å². The van der Waals surface area contributed by atoms with Gasteiger partial charge in [-0.3, -0.25) is 0 Å². The highest BCUT2D eigenvalue weighted by Gasteiger charge is 2.26. The van der Waals surface area contributed by atoms with Crippen molar-refractivity contribution in [3.63, 3.8) is 0 Å². The van der Waals surface area contributed by atoms with E-state index in [1.54, 1.807) is 0 Å². The molecule has 1 aliphatic rings. The second kappa shape index (κ2) is 6.92. The van der Waals surface area contributed by atoms with Gasteiger partial charge in [0.2, 0.25) is 0 Å². The Bertz CT molecular complexity index is 406. The van der Waals surface area contributed by atoms with Crippen molar-refractivity contribution in [2.24, 2.45) is 0 Å². The highest BCUT2D eigenvalue weighted by atomic mass is 16.5. The summed E-state index contributed by atoms with van der Waals surface area (Å²) in [6.45, 7) is 8.96. The third kappa shape index (κ3) is 3.95. The van der Waals surface area contributed by atoms with Gasteiger partial charge in [-0.1, -0.05) is 13.0 Å². The molecular formula is C16H25NO2. The molecule has 106 valence electrons. The van der Waals surface area contributed by atoms with Gasteiger partial charge in [0.15, 0.2) is 0 Å². The lowest BCUT2D eigenvalue weighted by Gasteiger charge is -2.32. The van der Waals surface area contributed by atoms with Crippen molar-refractivity contribution >= 4 is 0 Å². The first kappa shape index (κ1) is 14.4. The molecule has 1 saturated heterocycles. The fraction of sp³-hybridized carbons (Fsp3) is 0.625. The van der Waals surface area contributed by atoms with E-state index in [-0.39, 0.29) is 6.10 Å². The Labute approximate surface area is 116 Å². The van der Waals surface area contributed by atoms with Crippen molar-refractivity contribution in [1.29, 1.82) is 0 Å². The van der Waals surface area contributed by atoms with Gasteiger partial charge in [-0.25, -0.2) is 0 Å². The van der Waals surface area contributed by atoms with Crippen LogP contribution in [0.4, 0.5) is 0 Å². The summed E-state index contributed by atoms with van der Waals surface area (Å²) < 4.78 is 11.7. The van der Waals surface area contributed by atoms with Gasteiger partial charge < -0.3 is 14.8 Å². The Hall–Kier alpha value is -1.06. The standard InChI is InChI=1S/C16H25NO2/c1-4-8-17-15-7-9-18-11-16(15)19-14-6-5-12(2)13(3)10-14/h5-6,10,15-17H,4,7-9,11H2,1-3H3. The zero-order valence-electron chi connectivity index (χ0n) is 12.2. The summed E-state index contributed by atoms with van der Waals surface area (Å²) in [6, 6.07) is 6.67. The maximum absolute atomic E-state index is 6.11. The Morgan fingerprint density at radius 1 is 1.32 bits per heavy atom. The van der Waals surface area contributed by atoms with Gasteiger partial charge in [0.1, 0.15) is 11.9 Å². The Balaban J connectivity index is 1.99. The number of ether oxygens (including phenoxy) is 2. The van der Waals surface area contributed by atoms with E-state index < -0.39 is 0 Å². The lowest BCUT2D eigenvalue weighted by Crippen LogP contribution is -2.49. The molecule has 2 rings (SSSR count). The topological polar surface area (TPSA) is 30.5 Å². The molecule has 0 bridgehead atoms. The van der Waals surface area contributed by atoms with Crippen molar-refractivity contribution in [3.8, 4) is 5.75 Å². The Kier molecular flexibility index (Phi) is 5.23. The number of nitrogens with one attached hydrogen (secondary N) is 1. The largest absolute Gasteiger partial charge is 0.486 e.